The Balaban J connectivity index is 1.58. The molecule has 2 fully saturated rings. The van der Waals surface area contributed by atoms with E-state index in [1.165, 1.54) is 48.8 Å². The SMILES string of the molecule is Brc1ccc2cc(NC3CCN4CCCC34)ccc2c1. The van der Waals surface area contributed by atoms with E-state index in [0.717, 1.165) is 10.5 Å². The van der Waals surface area contributed by atoms with Crippen molar-refractivity contribution < 1.29 is 0 Å². The topological polar surface area (TPSA) is 15.3 Å². The lowest BCUT2D eigenvalue weighted by molar-refractivity contribution is 0.318. The highest BCUT2D eigenvalue weighted by Crippen LogP contribution is 2.31. The largest absolute Gasteiger partial charge is 0.381 e. The van der Waals surface area contributed by atoms with E-state index in [1.807, 2.05) is 0 Å². The van der Waals surface area contributed by atoms with Crippen LogP contribution < -0.4 is 5.32 Å². The molecule has 2 heterocycles. The first-order valence-corrected chi connectivity index (χ1v) is 8.29. The van der Waals surface area contributed by atoms with Crippen LogP contribution in [0.5, 0.6) is 0 Å². The Labute approximate surface area is 128 Å². The molecule has 2 nitrogen and oxygen atoms in total. The Morgan fingerprint density at radius 3 is 2.80 bits per heavy atom. The molecule has 2 aliphatic heterocycles. The molecule has 1 N–H and O–H groups in total. The molecule has 2 atom stereocenters. The van der Waals surface area contributed by atoms with Gasteiger partial charge in [0.2, 0.25) is 0 Å². The highest BCUT2D eigenvalue weighted by Gasteiger charge is 2.36. The van der Waals surface area contributed by atoms with Gasteiger partial charge in [-0.1, -0.05) is 28.1 Å². The normalized spacial score (nSPS) is 26.1. The first-order valence-electron chi connectivity index (χ1n) is 7.49. The summed E-state index contributed by atoms with van der Waals surface area (Å²) in [7, 11) is 0. The van der Waals surface area contributed by atoms with E-state index in [4.69, 9.17) is 0 Å². The molecule has 0 saturated carbocycles. The smallest absolute Gasteiger partial charge is 0.0429 e. The van der Waals surface area contributed by atoms with Gasteiger partial charge in [0.05, 0.1) is 0 Å². The molecule has 2 aromatic carbocycles. The standard InChI is InChI=1S/C17H19BrN2/c18-14-5-3-13-11-15(6-4-12(13)10-14)19-16-7-9-20-8-1-2-17(16)20/h3-6,10-11,16-17,19H,1-2,7-9H2. The molecule has 2 unspecified atom stereocenters. The van der Waals surface area contributed by atoms with Crippen LogP contribution in [0.4, 0.5) is 5.69 Å². The molecule has 104 valence electrons. The molecule has 0 amide bonds. The summed E-state index contributed by atoms with van der Waals surface area (Å²) >= 11 is 3.53. The number of benzene rings is 2. The predicted molar refractivity (Wildman–Crippen MR) is 88.3 cm³/mol. The maximum Gasteiger partial charge on any atom is 0.0429 e. The number of hydrogen-bond donors (Lipinski definition) is 1. The minimum atomic E-state index is 0.630. The molecule has 0 spiro atoms. The van der Waals surface area contributed by atoms with Gasteiger partial charge in [-0.05, 0) is 60.8 Å². The second-order valence-electron chi connectivity index (χ2n) is 5.99. The van der Waals surface area contributed by atoms with E-state index >= 15 is 0 Å². The molecule has 0 radical (unpaired) electrons. The lowest BCUT2D eigenvalue weighted by Gasteiger charge is -2.22. The van der Waals surface area contributed by atoms with Crippen LogP contribution in [0.2, 0.25) is 0 Å². The third-order valence-corrected chi connectivity index (χ3v) is 5.25. The molecule has 2 saturated heterocycles. The Kier molecular flexibility index (Phi) is 3.20. The van der Waals surface area contributed by atoms with Crippen LogP contribution in [0.25, 0.3) is 10.8 Å². The fraction of sp³-hybridized carbons (Fsp3) is 0.412. The van der Waals surface area contributed by atoms with E-state index in [9.17, 15) is 0 Å². The van der Waals surface area contributed by atoms with Crippen LogP contribution in [0.15, 0.2) is 40.9 Å². The lowest BCUT2D eigenvalue weighted by atomic mass is 10.1. The third-order valence-electron chi connectivity index (χ3n) is 4.76. The van der Waals surface area contributed by atoms with Crippen LogP contribution in [0.1, 0.15) is 19.3 Å². The highest BCUT2D eigenvalue weighted by molar-refractivity contribution is 9.10. The average Bonchev–Trinajstić information content (AvgIpc) is 3.04. The van der Waals surface area contributed by atoms with E-state index in [0.29, 0.717) is 6.04 Å². The third kappa shape index (κ3) is 2.23. The molecular formula is C17H19BrN2. The fourth-order valence-corrected chi connectivity index (χ4v) is 4.15. The van der Waals surface area contributed by atoms with E-state index in [1.54, 1.807) is 0 Å². The minimum absolute atomic E-state index is 0.630. The van der Waals surface area contributed by atoms with E-state index < -0.39 is 0 Å². The monoisotopic (exact) mass is 330 g/mol. The maximum atomic E-state index is 3.77. The van der Waals surface area contributed by atoms with Crippen molar-refractivity contribution >= 4 is 32.4 Å². The van der Waals surface area contributed by atoms with Crippen molar-refractivity contribution in [1.29, 1.82) is 0 Å². The van der Waals surface area contributed by atoms with Crippen molar-refractivity contribution in [3.05, 3.63) is 40.9 Å². The molecule has 2 aromatic rings. The van der Waals surface area contributed by atoms with Gasteiger partial charge in [-0.3, -0.25) is 4.90 Å². The Morgan fingerprint density at radius 1 is 1.00 bits per heavy atom. The Hall–Kier alpha value is -1.06. The summed E-state index contributed by atoms with van der Waals surface area (Å²) in [4.78, 5) is 2.65. The molecule has 4 rings (SSSR count). The molecule has 2 aliphatic rings. The number of hydrogen-bond acceptors (Lipinski definition) is 2. The number of nitrogens with one attached hydrogen (secondary N) is 1. The summed E-state index contributed by atoms with van der Waals surface area (Å²) < 4.78 is 1.14. The summed E-state index contributed by atoms with van der Waals surface area (Å²) in [6.45, 7) is 2.57. The number of rotatable bonds is 2. The van der Waals surface area contributed by atoms with Gasteiger partial charge in [0, 0.05) is 28.8 Å². The molecule has 3 heteroatoms. The fourth-order valence-electron chi connectivity index (χ4n) is 3.77. The summed E-state index contributed by atoms with van der Waals surface area (Å²) in [6.07, 6.45) is 4.01. The summed E-state index contributed by atoms with van der Waals surface area (Å²) in [5.74, 6) is 0. The zero-order valence-electron chi connectivity index (χ0n) is 11.5. The van der Waals surface area contributed by atoms with Crippen LogP contribution in [0, 0.1) is 0 Å². The van der Waals surface area contributed by atoms with Gasteiger partial charge in [0.25, 0.3) is 0 Å². The van der Waals surface area contributed by atoms with Gasteiger partial charge in [-0.15, -0.1) is 0 Å². The van der Waals surface area contributed by atoms with Crippen molar-refractivity contribution in [2.75, 3.05) is 18.4 Å². The lowest BCUT2D eigenvalue weighted by Crippen LogP contribution is -2.33. The molecule has 0 aliphatic carbocycles. The molecule has 0 aromatic heterocycles. The van der Waals surface area contributed by atoms with Crippen LogP contribution in [-0.4, -0.2) is 30.1 Å². The van der Waals surface area contributed by atoms with Gasteiger partial charge in [0.1, 0.15) is 0 Å². The summed E-state index contributed by atoms with van der Waals surface area (Å²) in [6, 6.07) is 14.6. The van der Waals surface area contributed by atoms with Gasteiger partial charge in [-0.25, -0.2) is 0 Å². The van der Waals surface area contributed by atoms with Gasteiger partial charge < -0.3 is 5.32 Å². The van der Waals surface area contributed by atoms with Gasteiger partial charge >= 0.3 is 0 Å². The Morgan fingerprint density at radius 2 is 1.85 bits per heavy atom. The first-order chi connectivity index (χ1) is 9.79. The quantitative estimate of drug-likeness (QED) is 0.885. The predicted octanol–water partition coefficient (Wildman–Crippen LogP) is 4.25. The van der Waals surface area contributed by atoms with Crippen LogP contribution in [-0.2, 0) is 0 Å². The molecule has 20 heavy (non-hydrogen) atoms. The highest BCUT2D eigenvalue weighted by atomic mass is 79.9. The summed E-state index contributed by atoms with van der Waals surface area (Å²) in [5.41, 5.74) is 1.26. The molecular weight excluding hydrogens is 312 g/mol. The number of nitrogens with zero attached hydrogens (tertiary/aromatic N) is 1. The van der Waals surface area contributed by atoms with Crippen molar-refractivity contribution in [1.82, 2.24) is 4.90 Å². The zero-order chi connectivity index (χ0) is 13.5. The van der Waals surface area contributed by atoms with Crippen molar-refractivity contribution in [3.8, 4) is 0 Å². The van der Waals surface area contributed by atoms with Gasteiger partial charge in [-0.2, -0.15) is 0 Å². The van der Waals surface area contributed by atoms with Crippen LogP contribution in [0.3, 0.4) is 0 Å². The summed E-state index contributed by atoms with van der Waals surface area (Å²) in [5, 5.41) is 6.36. The minimum Gasteiger partial charge on any atom is -0.381 e. The first kappa shape index (κ1) is 12.7. The van der Waals surface area contributed by atoms with E-state index in [-0.39, 0.29) is 0 Å². The van der Waals surface area contributed by atoms with Crippen LogP contribution >= 0.6 is 15.9 Å². The van der Waals surface area contributed by atoms with Crippen molar-refractivity contribution in [2.24, 2.45) is 0 Å². The molecule has 0 bridgehead atoms. The second-order valence-corrected chi connectivity index (χ2v) is 6.91. The van der Waals surface area contributed by atoms with Crippen molar-refractivity contribution in [3.63, 3.8) is 0 Å². The van der Waals surface area contributed by atoms with Gasteiger partial charge in [0.15, 0.2) is 0 Å². The second kappa shape index (κ2) is 5.05. The maximum absolute atomic E-state index is 3.77. The zero-order valence-corrected chi connectivity index (χ0v) is 13.1. The number of halogens is 1. The Bertz CT molecular complexity index is 640. The number of anilines is 1. The van der Waals surface area contributed by atoms with E-state index in [2.05, 4.69) is 62.5 Å². The van der Waals surface area contributed by atoms with Crippen molar-refractivity contribution in [2.45, 2.75) is 31.3 Å². The average molecular weight is 331 g/mol. The number of fused-ring (bicyclic) bond motifs is 2.